The summed E-state index contributed by atoms with van der Waals surface area (Å²) in [4.78, 5) is 10.6. The van der Waals surface area contributed by atoms with Crippen LogP contribution >= 0.6 is 0 Å². The first-order chi connectivity index (χ1) is 10.4. The maximum atomic E-state index is 12.0. The predicted molar refractivity (Wildman–Crippen MR) is 82.4 cm³/mol. The summed E-state index contributed by atoms with van der Waals surface area (Å²) >= 11 is 0. The molecular formula is C14H21N3O4S. The van der Waals surface area contributed by atoms with Crippen molar-refractivity contribution in [3.8, 4) is 0 Å². The third-order valence-corrected chi connectivity index (χ3v) is 4.91. The summed E-state index contributed by atoms with van der Waals surface area (Å²) in [6.07, 6.45) is 2.66. The number of hydrogen-bond acceptors (Lipinski definition) is 4. The summed E-state index contributed by atoms with van der Waals surface area (Å²) in [5.74, 6) is -1.15. The fourth-order valence-corrected chi connectivity index (χ4v) is 3.67. The van der Waals surface area contributed by atoms with Crippen LogP contribution in [0.15, 0.2) is 24.3 Å². The standard InChI is InChI=1S/C14H21N3O4S/c15-12(14(18)19)8-9-16-22(20,21)17-13-7-3-5-10-4-1-2-6-11(10)13/h1-2,4,6,12-13,16-17H,3,5,7-9,15H2,(H,18,19)/t12-,13?/m0/s1. The average Bonchev–Trinajstić information content (AvgIpc) is 2.47. The zero-order chi connectivity index (χ0) is 16.2. The van der Waals surface area contributed by atoms with Crippen molar-refractivity contribution in [1.29, 1.82) is 0 Å². The van der Waals surface area contributed by atoms with Crippen molar-refractivity contribution in [3.63, 3.8) is 0 Å². The number of hydrogen-bond donors (Lipinski definition) is 4. The number of fused-ring (bicyclic) bond motifs is 1. The fraction of sp³-hybridized carbons (Fsp3) is 0.500. The van der Waals surface area contributed by atoms with E-state index >= 15 is 0 Å². The third-order valence-electron chi connectivity index (χ3n) is 3.73. The van der Waals surface area contributed by atoms with E-state index in [1.54, 1.807) is 0 Å². The summed E-state index contributed by atoms with van der Waals surface area (Å²) in [5, 5.41) is 8.66. The minimum Gasteiger partial charge on any atom is -0.480 e. The molecule has 0 aliphatic heterocycles. The van der Waals surface area contributed by atoms with Crippen LogP contribution in [0.3, 0.4) is 0 Å². The fourth-order valence-electron chi connectivity index (χ4n) is 2.58. The molecule has 1 aliphatic rings. The molecule has 0 fully saturated rings. The molecule has 0 bridgehead atoms. The Morgan fingerprint density at radius 3 is 2.86 bits per heavy atom. The van der Waals surface area contributed by atoms with E-state index in [4.69, 9.17) is 10.8 Å². The van der Waals surface area contributed by atoms with Crippen molar-refractivity contribution in [3.05, 3.63) is 35.4 Å². The van der Waals surface area contributed by atoms with Crippen LogP contribution in [0, 0.1) is 0 Å². The minimum atomic E-state index is -3.69. The van der Waals surface area contributed by atoms with Gasteiger partial charge in [0, 0.05) is 12.6 Å². The van der Waals surface area contributed by atoms with E-state index in [-0.39, 0.29) is 19.0 Å². The van der Waals surface area contributed by atoms with Crippen molar-refractivity contribution in [2.24, 2.45) is 5.73 Å². The second-order valence-corrected chi connectivity index (χ2v) is 6.92. The third kappa shape index (κ3) is 4.51. The van der Waals surface area contributed by atoms with Crippen LogP contribution in [0.2, 0.25) is 0 Å². The number of carbonyl (C=O) groups is 1. The Morgan fingerprint density at radius 1 is 1.41 bits per heavy atom. The van der Waals surface area contributed by atoms with Gasteiger partial charge in [0.25, 0.3) is 10.2 Å². The molecule has 0 aromatic heterocycles. The van der Waals surface area contributed by atoms with E-state index in [1.807, 2.05) is 24.3 Å². The molecule has 5 N–H and O–H groups in total. The largest absolute Gasteiger partial charge is 0.480 e. The predicted octanol–water partition coefficient (Wildman–Crippen LogP) is 0.290. The number of nitrogens with two attached hydrogens (primary N) is 1. The van der Waals surface area contributed by atoms with Gasteiger partial charge in [-0.05, 0) is 36.8 Å². The first kappa shape index (κ1) is 16.9. The van der Waals surface area contributed by atoms with Gasteiger partial charge in [0.2, 0.25) is 0 Å². The van der Waals surface area contributed by atoms with E-state index in [2.05, 4.69) is 9.44 Å². The van der Waals surface area contributed by atoms with Crippen LogP contribution in [0.25, 0.3) is 0 Å². The molecule has 1 aromatic rings. The van der Waals surface area contributed by atoms with Gasteiger partial charge in [-0.3, -0.25) is 4.79 Å². The van der Waals surface area contributed by atoms with Crippen LogP contribution in [0.4, 0.5) is 0 Å². The van der Waals surface area contributed by atoms with E-state index in [0.29, 0.717) is 0 Å². The van der Waals surface area contributed by atoms with Crippen molar-refractivity contribution in [2.75, 3.05) is 6.54 Å². The molecule has 122 valence electrons. The molecule has 1 aliphatic carbocycles. The molecule has 1 aromatic carbocycles. The topological polar surface area (TPSA) is 122 Å². The zero-order valence-electron chi connectivity index (χ0n) is 12.2. The summed E-state index contributed by atoms with van der Waals surface area (Å²) in [6.45, 7) is -0.0167. The Kier molecular flexibility index (Phi) is 5.52. The Morgan fingerprint density at radius 2 is 2.14 bits per heavy atom. The molecule has 0 saturated heterocycles. The zero-order valence-corrected chi connectivity index (χ0v) is 13.0. The minimum absolute atomic E-state index is 0.0167. The second-order valence-electron chi connectivity index (χ2n) is 5.39. The lowest BCUT2D eigenvalue weighted by Gasteiger charge is -2.26. The molecule has 7 nitrogen and oxygen atoms in total. The molecule has 8 heteroatoms. The maximum absolute atomic E-state index is 12.0. The lowest BCUT2D eigenvalue weighted by Crippen LogP contribution is -2.42. The Bertz CT molecular complexity index is 633. The van der Waals surface area contributed by atoms with Crippen molar-refractivity contribution >= 4 is 16.2 Å². The highest BCUT2D eigenvalue weighted by atomic mass is 32.2. The number of carboxylic acids is 1. The summed E-state index contributed by atoms with van der Waals surface area (Å²) in [6, 6.07) is 6.46. The Balaban J connectivity index is 1.94. The molecular weight excluding hydrogens is 306 g/mol. The smallest absolute Gasteiger partial charge is 0.320 e. The summed E-state index contributed by atoms with van der Waals surface area (Å²) in [7, 11) is -3.69. The molecule has 0 heterocycles. The first-order valence-electron chi connectivity index (χ1n) is 7.22. The Labute approximate surface area is 130 Å². The molecule has 2 atom stereocenters. The van der Waals surface area contributed by atoms with Crippen LogP contribution in [-0.4, -0.2) is 32.1 Å². The highest BCUT2D eigenvalue weighted by molar-refractivity contribution is 7.87. The number of nitrogens with one attached hydrogen (secondary N) is 2. The number of rotatable bonds is 7. The van der Waals surface area contributed by atoms with Gasteiger partial charge in [0.05, 0.1) is 0 Å². The van der Waals surface area contributed by atoms with Crippen molar-refractivity contribution in [1.82, 2.24) is 9.44 Å². The quantitative estimate of drug-likeness (QED) is 0.573. The van der Waals surface area contributed by atoms with Crippen LogP contribution in [0.5, 0.6) is 0 Å². The highest BCUT2D eigenvalue weighted by Gasteiger charge is 2.24. The van der Waals surface area contributed by atoms with Crippen LogP contribution < -0.4 is 15.2 Å². The summed E-state index contributed by atoms with van der Waals surface area (Å²) < 4.78 is 29.1. The highest BCUT2D eigenvalue weighted by Crippen LogP contribution is 2.29. The molecule has 0 saturated carbocycles. The van der Waals surface area contributed by atoms with Crippen LogP contribution in [-0.2, 0) is 21.4 Å². The molecule has 0 amide bonds. The van der Waals surface area contributed by atoms with E-state index < -0.39 is 22.2 Å². The number of aryl methyl sites for hydroxylation is 1. The van der Waals surface area contributed by atoms with Gasteiger partial charge in [-0.2, -0.15) is 13.1 Å². The maximum Gasteiger partial charge on any atom is 0.320 e. The molecule has 0 radical (unpaired) electrons. The van der Waals surface area contributed by atoms with Gasteiger partial charge in [0.1, 0.15) is 6.04 Å². The lowest BCUT2D eigenvalue weighted by molar-refractivity contribution is -0.138. The van der Waals surface area contributed by atoms with E-state index in [1.165, 1.54) is 0 Å². The average molecular weight is 327 g/mol. The Hall–Kier alpha value is -1.48. The normalized spacial score (nSPS) is 19.4. The SMILES string of the molecule is N[C@@H](CCNS(=O)(=O)NC1CCCc2ccccc21)C(=O)O. The molecule has 0 spiro atoms. The molecule has 2 rings (SSSR count). The van der Waals surface area contributed by atoms with Crippen molar-refractivity contribution < 1.29 is 18.3 Å². The second kappa shape index (κ2) is 7.19. The number of carboxylic acid groups (broad SMARTS) is 1. The molecule has 22 heavy (non-hydrogen) atoms. The van der Waals surface area contributed by atoms with Gasteiger partial charge in [-0.25, -0.2) is 4.72 Å². The first-order valence-corrected chi connectivity index (χ1v) is 8.70. The number of aliphatic carboxylic acids is 1. The van der Waals surface area contributed by atoms with E-state index in [0.717, 1.165) is 30.4 Å². The van der Waals surface area contributed by atoms with Gasteiger partial charge in [-0.15, -0.1) is 0 Å². The number of benzene rings is 1. The monoisotopic (exact) mass is 327 g/mol. The van der Waals surface area contributed by atoms with Gasteiger partial charge < -0.3 is 10.8 Å². The lowest BCUT2D eigenvalue weighted by atomic mass is 9.88. The van der Waals surface area contributed by atoms with Gasteiger partial charge >= 0.3 is 5.97 Å². The van der Waals surface area contributed by atoms with E-state index in [9.17, 15) is 13.2 Å². The van der Waals surface area contributed by atoms with Crippen LogP contribution in [0.1, 0.15) is 36.4 Å². The molecule has 1 unspecified atom stereocenters. The van der Waals surface area contributed by atoms with Gasteiger partial charge in [0.15, 0.2) is 0 Å². The summed E-state index contributed by atoms with van der Waals surface area (Å²) in [5.41, 5.74) is 7.50. The van der Waals surface area contributed by atoms with Crippen molar-refractivity contribution in [2.45, 2.75) is 37.8 Å². The van der Waals surface area contributed by atoms with Gasteiger partial charge in [-0.1, -0.05) is 24.3 Å².